The second kappa shape index (κ2) is 7.66. The Kier molecular flexibility index (Phi) is 5.14. The molecule has 0 saturated heterocycles. The van der Waals surface area contributed by atoms with Crippen LogP contribution in [0.15, 0.2) is 60.8 Å². The van der Waals surface area contributed by atoms with E-state index in [1.165, 1.54) is 0 Å². The van der Waals surface area contributed by atoms with Crippen molar-refractivity contribution in [2.75, 3.05) is 6.61 Å². The number of aromatic nitrogens is 1. The molecular weight excluding hydrogens is 318 g/mol. The van der Waals surface area contributed by atoms with Crippen molar-refractivity contribution >= 4 is 16.7 Å². The molecular formula is C20H19NO4. The van der Waals surface area contributed by atoms with Crippen molar-refractivity contribution in [3.05, 3.63) is 60.8 Å². The average Bonchev–Trinajstić information content (AvgIpc) is 2.63. The van der Waals surface area contributed by atoms with E-state index in [2.05, 4.69) is 4.98 Å². The molecule has 1 atom stereocenters. The lowest BCUT2D eigenvalue weighted by atomic mass is 10.2. The molecule has 3 aromatic rings. The van der Waals surface area contributed by atoms with Crippen LogP contribution >= 0.6 is 0 Å². The van der Waals surface area contributed by atoms with Gasteiger partial charge in [-0.3, -0.25) is 0 Å². The molecule has 0 bridgehead atoms. The van der Waals surface area contributed by atoms with E-state index >= 15 is 0 Å². The molecule has 0 N–H and O–H groups in total. The van der Waals surface area contributed by atoms with E-state index in [4.69, 9.17) is 14.2 Å². The van der Waals surface area contributed by atoms with Gasteiger partial charge < -0.3 is 14.2 Å². The van der Waals surface area contributed by atoms with E-state index in [0.717, 1.165) is 10.8 Å². The molecule has 0 aliphatic rings. The van der Waals surface area contributed by atoms with Crippen molar-refractivity contribution < 1.29 is 19.0 Å². The summed E-state index contributed by atoms with van der Waals surface area (Å²) in [6, 6.07) is 16.9. The fraction of sp³-hybridized carbons (Fsp3) is 0.200. The lowest BCUT2D eigenvalue weighted by molar-refractivity contribution is -0.150. The number of esters is 1. The number of carbonyl (C=O) groups excluding carboxylic acids is 1. The van der Waals surface area contributed by atoms with Crippen molar-refractivity contribution in [1.82, 2.24) is 4.98 Å². The monoisotopic (exact) mass is 337 g/mol. The molecule has 25 heavy (non-hydrogen) atoms. The van der Waals surface area contributed by atoms with Crippen molar-refractivity contribution in [2.45, 2.75) is 20.0 Å². The number of hydrogen-bond acceptors (Lipinski definition) is 5. The molecule has 0 saturated carbocycles. The molecule has 5 heteroatoms. The zero-order chi connectivity index (χ0) is 17.6. The topological polar surface area (TPSA) is 57.7 Å². The van der Waals surface area contributed by atoms with Crippen LogP contribution in [0.5, 0.6) is 17.4 Å². The zero-order valence-corrected chi connectivity index (χ0v) is 14.1. The fourth-order valence-electron chi connectivity index (χ4n) is 2.34. The standard InChI is InChI=1S/C20H19NO4/c1-3-23-20(22)14(2)24-17-8-10-18(11-9-17)25-19-12-15-6-4-5-7-16(15)13-21-19/h4-14H,3H2,1-2H3. The fourth-order valence-corrected chi connectivity index (χ4v) is 2.34. The largest absolute Gasteiger partial charge is 0.479 e. The van der Waals surface area contributed by atoms with Gasteiger partial charge in [0.15, 0.2) is 6.10 Å². The van der Waals surface area contributed by atoms with Crippen molar-refractivity contribution in [1.29, 1.82) is 0 Å². The third-order valence-corrected chi connectivity index (χ3v) is 3.58. The predicted octanol–water partition coefficient (Wildman–Crippen LogP) is 4.36. The van der Waals surface area contributed by atoms with Crippen LogP contribution in [0.2, 0.25) is 0 Å². The Labute approximate surface area is 146 Å². The van der Waals surface area contributed by atoms with Gasteiger partial charge in [-0.05, 0) is 43.5 Å². The zero-order valence-electron chi connectivity index (χ0n) is 14.1. The Morgan fingerprint density at radius 1 is 1.04 bits per heavy atom. The summed E-state index contributed by atoms with van der Waals surface area (Å²) in [6.07, 6.45) is 1.12. The third-order valence-electron chi connectivity index (χ3n) is 3.58. The van der Waals surface area contributed by atoms with E-state index in [1.54, 1.807) is 44.3 Å². The Balaban J connectivity index is 1.66. The minimum Gasteiger partial charge on any atom is -0.479 e. The summed E-state index contributed by atoms with van der Waals surface area (Å²) >= 11 is 0. The van der Waals surface area contributed by atoms with Gasteiger partial charge in [-0.1, -0.05) is 24.3 Å². The number of ether oxygens (including phenoxy) is 3. The normalized spacial score (nSPS) is 11.8. The van der Waals surface area contributed by atoms with E-state index in [9.17, 15) is 4.79 Å². The molecule has 0 amide bonds. The van der Waals surface area contributed by atoms with Crippen LogP contribution in [0.3, 0.4) is 0 Å². The summed E-state index contributed by atoms with van der Waals surface area (Å²) in [5, 5.41) is 2.13. The van der Waals surface area contributed by atoms with E-state index < -0.39 is 6.10 Å². The summed E-state index contributed by atoms with van der Waals surface area (Å²) in [6.45, 7) is 3.75. The number of carbonyl (C=O) groups is 1. The highest BCUT2D eigenvalue weighted by Crippen LogP contribution is 2.25. The van der Waals surface area contributed by atoms with E-state index in [1.807, 2.05) is 30.3 Å². The molecule has 5 nitrogen and oxygen atoms in total. The van der Waals surface area contributed by atoms with Crippen molar-refractivity contribution in [2.24, 2.45) is 0 Å². The van der Waals surface area contributed by atoms with Gasteiger partial charge in [0, 0.05) is 17.6 Å². The molecule has 3 rings (SSSR count). The van der Waals surface area contributed by atoms with Gasteiger partial charge in [0.05, 0.1) is 6.61 Å². The summed E-state index contributed by atoms with van der Waals surface area (Å²) in [7, 11) is 0. The van der Waals surface area contributed by atoms with Gasteiger partial charge in [0.1, 0.15) is 11.5 Å². The molecule has 0 aliphatic carbocycles. The van der Waals surface area contributed by atoms with Gasteiger partial charge >= 0.3 is 5.97 Å². The number of nitrogens with zero attached hydrogens (tertiary/aromatic N) is 1. The maximum atomic E-state index is 11.6. The number of pyridine rings is 1. The first-order chi connectivity index (χ1) is 12.2. The second-order valence-corrected chi connectivity index (χ2v) is 5.46. The van der Waals surface area contributed by atoms with Gasteiger partial charge in [0.2, 0.25) is 5.88 Å². The SMILES string of the molecule is CCOC(=O)C(C)Oc1ccc(Oc2cc3ccccc3cn2)cc1. The summed E-state index contributed by atoms with van der Waals surface area (Å²) in [5.74, 6) is 1.34. The summed E-state index contributed by atoms with van der Waals surface area (Å²) in [4.78, 5) is 15.9. The van der Waals surface area contributed by atoms with Crippen LogP contribution in [-0.4, -0.2) is 23.7 Å². The highest BCUT2D eigenvalue weighted by Gasteiger charge is 2.15. The van der Waals surface area contributed by atoms with E-state index in [-0.39, 0.29) is 5.97 Å². The summed E-state index contributed by atoms with van der Waals surface area (Å²) < 4.78 is 16.2. The molecule has 0 aliphatic heterocycles. The molecule has 1 heterocycles. The highest BCUT2D eigenvalue weighted by molar-refractivity contribution is 5.82. The van der Waals surface area contributed by atoms with Gasteiger partial charge in [-0.15, -0.1) is 0 Å². The smallest absolute Gasteiger partial charge is 0.347 e. The molecule has 2 aromatic carbocycles. The lowest BCUT2D eigenvalue weighted by Crippen LogP contribution is -2.25. The minimum atomic E-state index is -0.658. The average molecular weight is 337 g/mol. The second-order valence-electron chi connectivity index (χ2n) is 5.46. The Morgan fingerprint density at radius 3 is 2.44 bits per heavy atom. The first kappa shape index (κ1) is 16.8. The predicted molar refractivity (Wildman–Crippen MR) is 95.0 cm³/mol. The lowest BCUT2D eigenvalue weighted by Gasteiger charge is -2.13. The Hall–Kier alpha value is -3.08. The molecule has 128 valence electrons. The van der Waals surface area contributed by atoms with Crippen molar-refractivity contribution in [3.63, 3.8) is 0 Å². The highest BCUT2D eigenvalue weighted by atomic mass is 16.6. The van der Waals surface area contributed by atoms with Crippen LogP contribution < -0.4 is 9.47 Å². The van der Waals surface area contributed by atoms with Crippen LogP contribution in [0.25, 0.3) is 10.8 Å². The first-order valence-electron chi connectivity index (χ1n) is 8.11. The number of hydrogen-bond donors (Lipinski definition) is 0. The molecule has 0 fully saturated rings. The Morgan fingerprint density at radius 2 is 1.72 bits per heavy atom. The van der Waals surface area contributed by atoms with Crippen LogP contribution in [0.1, 0.15) is 13.8 Å². The molecule has 0 radical (unpaired) electrons. The van der Waals surface area contributed by atoms with E-state index in [0.29, 0.717) is 24.0 Å². The maximum absolute atomic E-state index is 11.6. The number of rotatable bonds is 6. The molecule has 0 spiro atoms. The quantitative estimate of drug-likeness (QED) is 0.626. The van der Waals surface area contributed by atoms with Crippen molar-refractivity contribution in [3.8, 4) is 17.4 Å². The Bertz CT molecular complexity index is 861. The number of fused-ring (bicyclic) bond motifs is 1. The molecule has 1 aromatic heterocycles. The van der Waals surface area contributed by atoms with Crippen LogP contribution in [0.4, 0.5) is 0 Å². The minimum absolute atomic E-state index is 0.331. The van der Waals surface area contributed by atoms with Gasteiger partial charge in [-0.25, -0.2) is 9.78 Å². The summed E-state index contributed by atoms with van der Waals surface area (Å²) in [5.41, 5.74) is 0. The van der Waals surface area contributed by atoms with Gasteiger partial charge in [0.25, 0.3) is 0 Å². The maximum Gasteiger partial charge on any atom is 0.347 e. The molecule has 1 unspecified atom stereocenters. The number of benzene rings is 2. The first-order valence-corrected chi connectivity index (χ1v) is 8.11. The van der Waals surface area contributed by atoms with Crippen LogP contribution in [-0.2, 0) is 9.53 Å². The van der Waals surface area contributed by atoms with Gasteiger partial charge in [-0.2, -0.15) is 0 Å². The third kappa shape index (κ3) is 4.26. The van der Waals surface area contributed by atoms with Crippen LogP contribution in [0, 0.1) is 0 Å².